The van der Waals surface area contributed by atoms with E-state index < -0.39 is 0 Å². The largest absolute Gasteiger partial charge is 0.288 e. The van der Waals surface area contributed by atoms with Gasteiger partial charge in [0.2, 0.25) is 0 Å². The summed E-state index contributed by atoms with van der Waals surface area (Å²) < 4.78 is 0. The van der Waals surface area contributed by atoms with E-state index in [1.165, 1.54) is 11.1 Å². The maximum atomic E-state index is 4.34. The van der Waals surface area contributed by atoms with Gasteiger partial charge in [-0.2, -0.15) is 0 Å². The number of hydrogen-bond acceptors (Lipinski definition) is 1. The standard InChI is InChI=1S/C16H15N/c1-3-8-15(9-4-1)12-7-13-17-14-16-10-5-2-6-11-16/h1-13H,14H2/b12-7-,17-13?. The number of allylic oxidation sites excluding steroid dienone is 1. The molecule has 0 amide bonds. The van der Waals surface area contributed by atoms with Gasteiger partial charge in [-0.25, -0.2) is 0 Å². The summed E-state index contributed by atoms with van der Waals surface area (Å²) in [5.41, 5.74) is 2.43. The Balaban J connectivity index is 1.85. The zero-order chi connectivity index (χ0) is 11.8. The minimum absolute atomic E-state index is 0.736. The van der Waals surface area contributed by atoms with E-state index >= 15 is 0 Å². The van der Waals surface area contributed by atoms with Crippen molar-refractivity contribution in [3.05, 3.63) is 77.9 Å². The third kappa shape index (κ3) is 4.07. The first-order chi connectivity index (χ1) is 8.45. The zero-order valence-corrected chi connectivity index (χ0v) is 9.66. The molecule has 0 bridgehead atoms. The van der Waals surface area contributed by atoms with Gasteiger partial charge in [-0.1, -0.05) is 66.7 Å². The minimum atomic E-state index is 0.736. The average Bonchev–Trinajstić information content (AvgIpc) is 2.41. The van der Waals surface area contributed by atoms with E-state index in [0.29, 0.717) is 0 Å². The highest BCUT2D eigenvalue weighted by Gasteiger charge is 1.85. The van der Waals surface area contributed by atoms with Crippen molar-refractivity contribution in [2.75, 3.05) is 0 Å². The monoisotopic (exact) mass is 221 g/mol. The molecule has 0 unspecified atom stereocenters. The number of hydrogen-bond donors (Lipinski definition) is 0. The van der Waals surface area contributed by atoms with Crippen molar-refractivity contribution in [1.29, 1.82) is 0 Å². The summed E-state index contributed by atoms with van der Waals surface area (Å²) in [5.74, 6) is 0. The normalized spacial score (nSPS) is 11.3. The van der Waals surface area contributed by atoms with Crippen LogP contribution in [0.4, 0.5) is 0 Å². The van der Waals surface area contributed by atoms with Crippen molar-refractivity contribution in [3.8, 4) is 0 Å². The summed E-state index contributed by atoms with van der Waals surface area (Å²) in [6.45, 7) is 0.736. The highest BCUT2D eigenvalue weighted by atomic mass is 14.7. The Hall–Kier alpha value is -2.15. The molecule has 84 valence electrons. The van der Waals surface area contributed by atoms with Crippen LogP contribution in [-0.4, -0.2) is 6.21 Å². The van der Waals surface area contributed by atoms with E-state index in [-0.39, 0.29) is 0 Å². The van der Waals surface area contributed by atoms with Gasteiger partial charge >= 0.3 is 0 Å². The van der Waals surface area contributed by atoms with Crippen LogP contribution < -0.4 is 0 Å². The Morgan fingerprint density at radius 1 is 0.824 bits per heavy atom. The lowest BCUT2D eigenvalue weighted by atomic mass is 10.2. The highest BCUT2D eigenvalue weighted by Crippen LogP contribution is 2.01. The van der Waals surface area contributed by atoms with Gasteiger partial charge in [0.15, 0.2) is 0 Å². The summed E-state index contributed by atoms with van der Waals surface area (Å²) in [5, 5.41) is 0. The number of rotatable bonds is 4. The molecule has 0 aliphatic rings. The molecule has 1 nitrogen and oxygen atoms in total. The molecule has 0 aromatic heterocycles. The first-order valence-corrected chi connectivity index (χ1v) is 5.70. The molecule has 0 radical (unpaired) electrons. The van der Waals surface area contributed by atoms with Gasteiger partial charge in [0.25, 0.3) is 0 Å². The van der Waals surface area contributed by atoms with E-state index in [4.69, 9.17) is 0 Å². The maximum absolute atomic E-state index is 4.34. The number of aliphatic imine (C=N–C) groups is 1. The Bertz CT molecular complexity index is 483. The van der Waals surface area contributed by atoms with Gasteiger partial charge in [0, 0.05) is 6.21 Å². The fourth-order valence-electron chi connectivity index (χ4n) is 1.52. The molecule has 0 saturated heterocycles. The van der Waals surface area contributed by atoms with E-state index in [1.54, 1.807) is 0 Å². The van der Waals surface area contributed by atoms with Gasteiger partial charge in [0.05, 0.1) is 6.54 Å². The summed E-state index contributed by atoms with van der Waals surface area (Å²) in [6.07, 6.45) is 5.87. The van der Waals surface area contributed by atoms with Crippen molar-refractivity contribution in [2.45, 2.75) is 6.54 Å². The average molecular weight is 221 g/mol. The second-order valence-electron chi connectivity index (χ2n) is 3.75. The molecule has 0 fully saturated rings. The van der Waals surface area contributed by atoms with Gasteiger partial charge in [0.1, 0.15) is 0 Å². The van der Waals surface area contributed by atoms with Gasteiger partial charge < -0.3 is 0 Å². The predicted molar refractivity (Wildman–Crippen MR) is 74.1 cm³/mol. The summed E-state index contributed by atoms with van der Waals surface area (Å²) >= 11 is 0. The summed E-state index contributed by atoms with van der Waals surface area (Å²) in [6, 6.07) is 20.5. The lowest BCUT2D eigenvalue weighted by Gasteiger charge is -1.93. The Morgan fingerprint density at radius 2 is 1.47 bits per heavy atom. The van der Waals surface area contributed by atoms with Crippen LogP contribution >= 0.6 is 0 Å². The van der Waals surface area contributed by atoms with Crippen LogP contribution in [0.1, 0.15) is 11.1 Å². The first-order valence-electron chi connectivity index (χ1n) is 5.70. The first kappa shape index (κ1) is 11.3. The Labute approximate surface area is 102 Å². The number of nitrogens with zero attached hydrogens (tertiary/aromatic N) is 1. The van der Waals surface area contributed by atoms with Gasteiger partial charge in [-0.05, 0) is 17.2 Å². The van der Waals surface area contributed by atoms with E-state index in [2.05, 4.69) is 35.3 Å². The van der Waals surface area contributed by atoms with Crippen LogP contribution in [0.2, 0.25) is 0 Å². The van der Waals surface area contributed by atoms with Crippen LogP contribution in [0.5, 0.6) is 0 Å². The molecule has 0 spiro atoms. The lowest BCUT2D eigenvalue weighted by Crippen LogP contribution is -1.79. The molecule has 2 aromatic rings. The molecule has 2 aromatic carbocycles. The van der Waals surface area contributed by atoms with Crippen molar-refractivity contribution in [3.63, 3.8) is 0 Å². The Kier molecular flexibility index (Phi) is 4.29. The quantitative estimate of drug-likeness (QED) is 0.693. The maximum Gasteiger partial charge on any atom is 0.0639 e. The molecule has 0 atom stereocenters. The fourth-order valence-corrected chi connectivity index (χ4v) is 1.52. The minimum Gasteiger partial charge on any atom is -0.288 e. The topological polar surface area (TPSA) is 12.4 Å². The van der Waals surface area contributed by atoms with E-state index in [9.17, 15) is 0 Å². The van der Waals surface area contributed by atoms with Crippen LogP contribution in [0, 0.1) is 0 Å². The Morgan fingerprint density at radius 3 is 2.18 bits per heavy atom. The highest BCUT2D eigenvalue weighted by molar-refractivity contribution is 5.78. The molecule has 0 N–H and O–H groups in total. The molecule has 0 aliphatic heterocycles. The van der Waals surface area contributed by atoms with E-state index in [1.807, 2.05) is 48.7 Å². The third-order valence-corrected chi connectivity index (χ3v) is 2.40. The molecule has 2 rings (SSSR count). The van der Waals surface area contributed by atoms with Crippen LogP contribution in [0.25, 0.3) is 6.08 Å². The van der Waals surface area contributed by atoms with Crippen LogP contribution in [0.15, 0.2) is 71.7 Å². The number of benzene rings is 2. The third-order valence-electron chi connectivity index (χ3n) is 2.40. The fraction of sp³-hybridized carbons (Fsp3) is 0.0625. The molecule has 0 aliphatic carbocycles. The molecule has 0 heterocycles. The second-order valence-corrected chi connectivity index (χ2v) is 3.75. The lowest BCUT2D eigenvalue weighted by molar-refractivity contribution is 1.08. The molecule has 0 saturated carbocycles. The van der Waals surface area contributed by atoms with E-state index in [0.717, 1.165) is 6.54 Å². The molecular weight excluding hydrogens is 206 g/mol. The zero-order valence-electron chi connectivity index (χ0n) is 9.66. The van der Waals surface area contributed by atoms with Gasteiger partial charge in [-0.3, -0.25) is 4.99 Å². The summed E-state index contributed by atoms with van der Waals surface area (Å²) in [4.78, 5) is 4.34. The van der Waals surface area contributed by atoms with Crippen molar-refractivity contribution >= 4 is 12.3 Å². The molecule has 17 heavy (non-hydrogen) atoms. The predicted octanol–water partition coefficient (Wildman–Crippen LogP) is 3.97. The molecule has 1 heteroatoms. The van der Waals surface area contributed by atoms with Crippen LogP contribution in [0.3, 0.4) is 0 Å². The summed E-state index contributed by atoms with van der Waals surface area (Å²) in [7, 11) is 0. The van der Waals surface area contributed by atoms with Crippen LogP contribution in [-0.2, 0) is 6.54 Å². The van der Waals surface area contributed by atoms with Crippen molar-refractivity contribution in [2.24, 2.45) is 4.99 Å². The second kappa shape index (κ2) is 6.44. The van der Waals surface area contributed by atoms with Crippen molar-refractivity contribution in [1.82, 2.24) is 0 Å². The molecular formula is C16H15N. The van der Waals surface area contributed by atoms with Gasteiger partial charge in [-0.15, -0.1) is 0 Å². The SMILES string of the molecule is C(/C=C\c1ccccc1)=NCc1ccccc1. The van der Waals surface area contributed by atoms with Crippen molar-refractivity contribution < 1.29 is 0 Å². The smallest absolute Gasteiger partial charge is 0.0639 e.